The summed E-state index contributed by atoms with van der Waals surface area (Å²) in [5.74, 6) is 1.46. The van der Waals surface area contributed by atoms with E-state index in [1.165, 1.54) is 6.08 Å². The average molecular weight is 324 g/mol. The van der Waals surface area contributed by atoms with Gasteiger partial charge in [-0.25, -0.2) is 0 Å². The number of hydrogen-bond acceptors (Lipinski definition) is 3. The smallest absolute Gasteiger partial charge is 0.244 e. The van der Waals surface area contributed by atoms with Gasteiger partial charge in [-0.2, -0.15) is 0 Å². The molecule has 1 aromatic carbocycles. The Morgan fingerprint density at radius 2 is 2.04 bits per heavy atom. The summed E-state index contributed by atoms with van der Waals surface area (Å²) in [6.07, 6.45) is 4.64. The third-order valence-electron chi connectivity index (χ3n) is 3.95. The Morgan fingerprint density at radius 1 is 1.25 bits per heavy atom. The van der Waals surface area contributed by atoms with Crippen molar-refractivity contribution in [3.63, 3.8) is 0 Å². The molecule has 0 aliphatic carbocycles. The molecule has 5 heteroatoms. The van der Waals surface area contributed by atoms with Gasteiger partial charge in [-0.3, -0.25) is 9.59 Å². The molecule has 0 atom stereocenters. The predicted octanol–water partition coefficient (Wildman–Crippen LogP) is 3.04. The Bertz CT molecular complexity index is 759. The molecule has 124 valence electrons. The van der Waals surface area contributed by atoms with Gasteiger partial charge in [0.15, 0.2) is 0 Å². The summed E-state index contributed by atoms with van der Waals surface area (Å²) in [6, 6.07) is 11.4. The lowest BCUT2D eigenvalue weighted by molar-refractivity contribution is -0.117. The maximum absolute atomic E-state index is 11.8. The third kappa shape index (κ3) is 3.93. The van der Waals surface area contributed by atoms with E-state index in [0.717, 1.165) is 30.0 Å². The number of rotatable bonds is 5. The second-order valence-electron chi connectivity index (χ2n) is 5.81. The van der Waals surface area contributed by atoms with Crippen molar-refractivity contribution in [1.29, 1.82) is 0 Å². The number of carbonyl (C=O) groups excluding carboxylic acids is 2. The van der Waals surface area contributed by atoms with Crippen LogP contribution in [0.25, 0.3) is 6.08 Å². The summed E-state index contributed by atoms with van der Waals surface area (Å²) in [6.45, 7) is 3.08. The zero-order chi connectivity index (χ0) is 16.9. The highest BCUT2D eigenvalue weighted by atomic mass is 16.3. The molecule has 1 N–H and O–H groups in total. The maximum atomic E-state index is 11.8. The van der Waals surface area contributed by atoms with E-state index in [9.17, 15) is 9.59 Å². The van der Waals surface area contributed by atoms with E-state index >= 15 is 0 Å². The van der Waals surface area contributed by atoms with Gasteiger partial charge in [0, 0.05) is 31.3 Å². The third-order valence-corrected chi connectivity index (χ3v) is 3.95. The largest absolute Gasteiger partial charge is 0.462 e. The van der Waals surface area contributed by atoms with Crippen LogP contribution in [0.15, 0.2) is 46.9 Å². The van der Waals surface area contributed by atoms with Crippen LogP contribution < -0.4 is 10.2 Å². The van der Waals surface area contributed by atoms with Gasteiger partial charge in [-0.1, -0.05) is 12.1 Å². The van der Waals surface area contributed by atoms with Crippen LogP contribution in [0.1, 0.15) is 29.9 Å². The monoisotopic (exact) mass is 324 g/mol. The Balaban J connectivity index is 1.52. The molecule has 5 nitrogen and oxygen atoms in total. The standard InChI is InChI=1S/C19H20N2O3/c1-14-4-9-17(24-14)10-11-18(22)20-13-15-5-7-16(8-6-15)21-12-2-3-19(21)23/h4-11H,2-3,12-13H2,1H3,(H,20,22)/b11-10+. The number of aryl methyl sites for hydroxylation is 1. The normalized spacial score (nSPS) is 14.5. The lowest BCUT2D eigenvalue weighted by Crippen LogP contribution is -2.23. The molecule has 1 aliphatic heterocycles. The van der Waals surface area contributed by atoms with Gasteiger partial charge in [0.1, 0.15) is 11.5 Å². The minimum Gasteiger partial charge on any atom is -0.462 e. The molecule has 0 spiro atoms. The SMILES string of the molecule is Cc1ccc(/C=C/C(=O)NCc2ccc(N3CCCC3=O)cc2)o1. The average Bonchev–Trinajstić information content (AvgIpc) is 3.20. The van der Waals surface area contributed by atoms with Gasteiger partial charge in [0.2, 0.25) is 11.8 Å². The van der Waals surface area contributed by atoms with Gasteiger partial charge in [0.25, 0.3) is 0 Å². The summed E-state index contributed by atoms with van der Waals surface area (Å²) in [4.78, 5) is 25.3. The van der Waals surface area contributed by atoms with Gasteiger partial charge < -0.3 is 14.6 Å². The van der Waals surface area contributed by atoms with Crippen LogP contribution in [0.4, 0.5) is 5.69 Å². The van der Waals surface area contributed by atoms with Crippen LogP contribution in [-0.2, 0) is 16.1 Å². The fraction of sp³-hybridized carbons (Fsp3) is 0.263. The second kappa shape index (κ2) is 7.17. The van der Waals surface area contributed by atoms with Crippen LogP contribution in [-0.4, -0.2) is 18.4 Å². The van der Waals surface area contributed by atoms with E-state index in [2.05, 4.69) is 5.32 Å². The zero-order valence-electron chi connectivity index (χ0n) is 13.6. The summed E-state index contributed by atoms with van der Waals surface area (Å²) in [5, 5.41) is 2.83. The zero-order valence-corrected chi connectivity index (χ0v) is 13.6. The molecule has 0 bridgehead atoms. The molecular weight excluding hydrogens is 304 g/mol. The van der Waals surface area contributed by atoms with E-state index in [-0.39, 0.29) is 11.8 Å². The van der Waals surface area contributed by atoms with Crippen molar-refractivity contribution in [2.75, 3.05) is 11.4 Å². The van der Waals surface area contributed by atoms with Crippen LogP contribution in [0.5, 0.6) is 0 Å². The molecule has 1 aromatic heterocycles. The summed E-state index contributed by atoms with van der Waals surface area (Å²) < 4.78 is 5.37. The lowest BCUT2D eigenvalue weighted by Gasteiger charge is -2.15. The van der Waals surface area contributed by atoms with Crippen molar-refractivity contribution in [3.8, 4) is 0 Å². The molecule has 1 fully saturated rings. The van der Waals surface area contributed by atoms with Crippen molar-refractivity contribution in [3.05, 3.63) is 59.6 Å². The van der Waals surface area contributed by atoms with Gasteiger partial charge in [-0.15, -0.1) is 0 Å². The highest BCUT2D eigenvalue weighted by molar-refractivity contribution is 5.95. The van der Waals surface area contributed by atoms with Crippen LogP contribution >= 0.6 is 0 Å². The molecule has 0 unspecified atom stereocenters. The quantitative estimate of drug-likeness (QED) is 0.860. The molecule has 1 saturated heterocycles. The number of nitrogens with one attached hydrogen (secondary N) is 1. The number of benzene rings is 1. The van der Waals surface area contributed by atoms with E-state index in [1.807, 2.05) is 43.3 Å². The van der Waals surface area contributed by atoms with E-state index < -0.39 is 0 Å². The molecular formula is C19H20N2O3. The summed E-state index contributed by atoms with van der Waals surface area (Å²) >= 11 is 0. The first kappa shape index (κ1) is 16.1. The minimum atomic E-state index is -0.178. The molecule has 1 aliphatic rings. The van der Waals surface area contributed by atoms with E-state index in [4.69, 9.17) is 4.42 Å². The first-order valence-corrected chi connectivity index (χ1v) is 8.03. The molecule has 2 amide bonds. The van der Waals surface area contributed by atoms with Crippen molar-refractivity contribution in [1.82, 2.24) is 5.32 Å². The summed E-state index contributed by atoms with van der Waals surface area (Å²) in [5.41, 5.74) is 1.90. The second-order valence-corrected chi connectivity index (χ2v) is 5.81. The number of furan rings is 1. The van der Waals surface area contributed by atoms with Crippen molar-refractivity contribution >= 4 is 23.6 Å². The number of carbonyl (C=O) groups is 2. The van der Waals surface area contributed by atoms with Gasteiger partial charge in [0.05, 0.1) is 0 Å². The predicted molar refractivity (Wildman–Crippen MR) is 92.4 cm³/mol. The Kier molecular flexibility index (Phi) is 4.79. The Hall–Kier alpha value is -2.82. The fourth-order valence-corrected chi connectivity index (χ4v) is 2.66. The first-order valence-electron chi connectivity index (χ1n) is 8.03. The van der Waals surface area contributed by atoms with Crippen molar-refractivity contribution < 1.29 is 14.0 Å². The molecule has 0 saturated carbocycles. The Morgan fingerprint density at radius 3 is 2.67 bits per heavy atom. The number of nitrogens with zero attached hydrogens (tertiary/aromatic N) is 1. The molecule has 3 rings (SSSR count). The minimum absolute atomic E-state index is 0.175. The van der Waals surface area contributed by atoms with Crippen molar-refractivity contribution in [2.24, 2.45) is 0 Å². The molecule has 2 aromatic rings. The fourth-order valence-electron chi connectivity index (χ4n) is 2.66. The van der Waals surface area contributed by atoms with Gasteiger partial charge in [-0.05, 0) is 49.2 Å². The highest BCUT2D eigenvalue weighted by Crippen LogP contribution is 2.21. The summed E-state index contributed by atoms with van der Waals surface area (Å²) in [7, 11) is 0. The lowest BCUT2D eigenvalue weighted by atomic mass is 10.2. The number of hydrogen-bond donors (Lipinski definition) is 1. The maximum Gasteiger partial charge on any atom is 0.244 e. The highest BCUT2D eigenvalue weighted by Gasteiger charge is 2.21. The van der Waals surface area contributed by atoms with Crippen molar-refractivity contribution in [2.45, 2.75) is 26.3 Å². The van der Waals surface area contributed by atoms with Gasteiger partial charge >= 0.3 is 0 Å². The van der Waals surface area contributed by atoms with Crippen LogP contribution in [0, 0.1) is 6.92 Å². The van der Waals surface area contributed by atoms with Crippen LogP contribution in [0.2, 0.25) is 0 Å². The first-order chi connectivity index (χ1) is 11.6. The molecule has 2 heterocycles. The van der Waals surface area contributed by atoms with Crippen LogP contribution in [0.3, 0.4) is 0 Å². The molecule has 0 radical (unpaired) electrons. The Labute approximate surface area is 141 Å². The topological polar surface area (TPSA) is 62.6 Å². The van der Waals surface area contributed by atoms with E-state index in [0.29, 0.717) is 18.7 Å². The number of anilines is 1. The number of amides is 2. The molecule has 24 heavy (non-hydrogen) atoms. The van der Waals surface area contributed by atoms with E-state index in [1.54, 1.807) is 11.0 Å².